The molecule has 2 rings (SSSR count). The van der Waals surface area contributed by atoms with Gasteiger partial charge in [0.25, 0.3) is 5.91 Å². The molecule has 102 valence electrons. The van der Waals surface area contributed by atoms with E-state index in [1.807, 2.05) is 6.92 Å². The van der Waals surface area contributed by atoms with Crippen molar-refractivity contribution in [3.05, 3.63) is 22.6 Å². The van der Waals surface area contributed by atoms with Crippen molar-refractivity contribution in [3.63, 3.8) is 0 Å². The molecule has 1 saturated heterocycles. The van der Waals surface area contributed by atoms with E-state index in [1.54, 1.807) is 11.0 Å². The molecule has 1 aromatic rings. The largest absolute Gasteiger partial charge is 0.457 e. The lowest BCUT2D eigenvalue weighted by Crippen LogP contribution is -2.51. The number of carbonyl (C=O) groups is 1. The van der Waals surface area contributed by atoms with E-state index in [4.69, 9.17) is 9.68 Å². The fourth-order valence-electron chi connectivity index (χ4n) is 2.28. The molecule has 1 amide bonds. The summed E-state index contributed by atoms with van der Waals surface area (Å²) in [5.74, 6) is -0.0229. The maximum absolute atomic E-state index is 12.2. The first kappa shape index (κ1) is 14.1. The molecule has 1 aliphatic rings. The van der Waals surface area contributed by atoms with E-state index < -0.39 is 0 Å². The normalized spacial score (nSPS) is 18.1. The lowest BCUT2D eigenvalue weighted by atomic mass is 10.1. The summed E-state index contributed by atoms with van der Waals surface area (Å²) >= 11 is 3.22. The first-order valence-corrected chi connectivity index (χ1v) is 7.12. The van der Waals surface area contributed by atoms with E-state index in [2.05, 4.69) is 26.9 Å². The molecule has 1 aliphatic heterocycles. The number of hydrogen-bond acceptors (Lipinski definition) is 4. The van der Waals surface area contributed by atoms with E-state index in [0.717, 1.165) is 19.5 Å². The zero-order valence-corrected chi connectivity index (χ0v) is 12.4. The molecule has 0 radical (unpaired) electrons. The second-order valence-corrected chi connectivity index (χ2v) is 5.21. The Balaban J connectivity index is 1.96. The fraction of sp³-hybridized carbons (Fsp3) is 0.538. The molecular formula is C13H16BrN3O2. The van der Waals surface area contributed by atoms with E-state index in [9.17, 15) is 4.79 Å². The molecule has 1 aromatic heterocycles. The lowest BCUT2D eigenvalue weighted by Gasteiger charge is -2.36. The van der Waals surface area contributed by atoms with Gasteiger partial charge in [-0.1, -0.05) is 6.92 Å². The molecule has 2 heterocycles. The Morgan fingerprint density at radius 3 is 2.68 bits per heavy atom. The van der Waals surface area contributed by atoms with E-state index in [0.29, 0.717) is 23.3 Å². The minimum Gasteiger partial charge on any atom is -0.457 e. The highest BCUT2D eigenvalue weighted by Gasteiger charge is 2.27. The molecule has 0 N–H and O–H groups in total. The third kappa shape index (κ3) is 2.99. The van der Waals surface area contributed by atoms with Gasteiger partial charge < -0.3 is 9.32 Å². The van der Waals surface area contributed by atoms with Gasteiger partial charge in [0.05, 0.1) is 23.9 Å². The van der Waals surface area contributed by atoms with Gasteiger partial charge in [-0.25, -0.2) is 0 Å². The Morgan fingerprint density at radius 2 is 2.21 bits per heavy atom. The number of rotatable bonds is 3. The van der Waals surface area contributed by atoms with Crippen LogP contribution in [-0.4, -0.2) is 47.9 Å². The minimum absolute atomic E-state index is 0.0229. The zero-order valence-electron chi connectivity index (χ0n) is 10.8. The van der Waals surface area contributed by atoms with Gasteiger partial charge in [0.15, 0.2) is 4.67 Å². The first-order valence-electron chi connectivity index (χ1n) is 6.33. The molecule has 1 unspecified atom stereocenters. The molecule has 1 fully saturated rings. The summed E-state index contributed by atoms with van der Waals surface area (Å²) in [7, 11) is 0. The van der Waals surface area contributed by atoms with Crippen LogP contribution in [-0.2, 0) is 0 Å². The number of nitriles is 1. The number of piperazine rings is 1. The summed E-state index contributed by atoms with van der Waals surface area (Å²) in [4.78, 5) is 16.2. The third-order valence-electron chi connectivity index (χ3n) is 3.43. The van der Waals surface area contributed by atoms with Crippen LogP contribution in [0.3, 0.4) is 0 Å². The molecular weight excluding hydrogens is 310 g/mol. The number of hydrogen-bond donors (Lipinski definition) is 0. The van der Waals surface area contributed by atoms with Crippen LogP contribution in [0.1, 0.15) is 23.7 Å². The average Bonchev–Trinajstić information content (AvgIpc) is 2.86. The highest BCUT2D eigenvalue weighted by Crippen LogP contribution is 2.20. The van der Waals surface area contributed by atoms with Crippen molar-refractivity contribution in [3.8, 4) is 6.07 Å². The van der Waals surface area contributed by atoms with Gasteiger partial charge in [0.1, 0.15) is 0 Å². The third-order valence-corrected chi connectivity index (χ3v) is 4.04. The zero-order chi connectivity index (χ0) is 13.8. The van der Waals surface area contributed by atoms with Crippen LogP contribution < -0.4 is 0 Å². The SMILES string of the molecule is CCC(C#N)N1CCN(C(=O)c2ccoc2Br)CC1. The van der Waals surface area contributed by atoms with Crippen LogP contribution in [0.4, 0.5) is 0 Å². The van der Waals surface area contributed by atoms with Crippen molar-refractivity contribution in [1.82, 2.24) is 9.80 Å². The number of nitrogens with zero attached hydrogens (tertiary/aromatic N) is 3. The summed E-state index contributed by atoms with van der Waals surface area (Å²) in [5, 5.41) is 9.05. The molecule has 0 aromatic carbocycles. The van der Waals surface area contributed by atoms with Gasteiger partial charge >= 0.3 is 0 Å². The van der Waals surface area contributed by atoms with Gasteiger partial charge in [-0.2, -0.15) is 5.26 Å². The quantitative estimate of drug-likeness (QED) is 0.853. The monoisotopic (exact) mass is 325 g/mol. The fourth-order valence-corrected chi connectivity index (χ4v) is 2.69. The summed E-state index contributed by atoms with van der Waals surface area (Å²) in [6.45, 7) is 4.79. The van der Waals surface area contributed by atoms with Crippen LogP contribution in [0.2, 0.25) is 0 Å². The second kappa shape index (κ2) is 6.22. The Kier molecular flexibility index (Phi) is 4.61. The Morgan fingerprint density at radius 1 is 1.53 bits per heavy atom. The Labute approximate surface area is 120 Å². The molecule has 5 nitrogen and oxygen atoms in total. The van der Waals surface area contributed by atoms with Crippen molar-refractivity contribution in [2.24, 2.45) is 0 Å². The van der Waals surface area contributed by atoms with Crippen LogP contribution in [0.15, 0.2) is 21.4 Å². The summed E-state index contributed by atoms with van der Waals surface area (Å²) in [6, 6.07) is 3.93. The van der Waals surface area contributed by atoms with Gasteiger partial charge in [0, 0.05) is 26.2 Å². The lowest BCUT2D eigenvalue weighted by molar-refractivity contribution is 0.0602. The van der Waals surface area contributed by atoms with Crippen molar-refractivity contribution in [2.75, 3.05) is 26.2 Å². The van der Waals surface area contributed by atoms with Crippen molar-refractivity contribution in [2.45, 2.75) is 19.4 Å². The summed E-state index contributed by atoms with van der Waals surface area (Å²) in [5.41, 5.74) is 0.556. The second-order valence-electron chi connectivity index (χ2n) is 4.49. The number of halogens is 1. The number of carbonyl (C=O) groups excluding carboxylic acids is 1. The molecule has 0 saturated carbocycles. The Bertz CT molecular complexity index is 486. The van der Waals surface area contributed by atoms with E-state index in [-0.39, 0.29) is 11.9 Å². The molecule has 0 spiro atoms. The van der Waals surface area contributed by atoms with Crippen LogP contribution in [0.5, 0.6) is 0 Å². The maximum atomic E-state index is 12.2. The van der Waals surface area contributed by atoms with Crippen molar-refractivity contribution in [1.29, 1.82) is 5.26 Å². The maximum Gasteiger partial charge on any atom is 0.258 e. The molecule has 1 atom stereocenters. The predicted octanol–water partition coefficient (Wildman–Crippen LogP) is 2.10. The highest BCUT2D eigenvalue weighted by atomic mass is 79.9. The molecule has 6 heteroatoms. The van der Waals surface area contributed by atoms with Gasteiger partial charge in [-0.3, -0.25) is 9.69 Å². The van der Waals surface area contributed by atoms with E-state index in [1.165, 1.54) is 6.26 Å². The van der Waals surface area contributed by atoms with Crippen LogP contribution in [0, 0.1) is 11.3 Å². The predicted molar refractivity (Wildman–Crippen MR) is 73.6 cm³/mol. The molecule has 0 bridgehead atoms. The topological polar surface area (TPSA) is 60.5 Å². The minimum atomic E-state index is -0.0436. The van der Waals surface area contributed by atoms with Gasteiger partial charge in [0.2, 0.25) is 0 Å². The number of furan rings is 1. The van der Waals surface area contributed by atoms with Gasteiger partial charge in [-0.05, 0) is 28.4 Å². The Hall–Kier alpha value is -1.32. The smallest absolute Gasteiger partial charge is 0.258 e. The van der Waals surface area contributed by atoms with Crippen molar-refractivity contribution >= 4 is 21.8 Å². The highest BCUT2D eigenvalue weighted by molar-refractivity contribution is 9.10. The van der Waals surface area contributed by atoms with Crippen molar-refractivity contribution < 1.29 is 9.21 Å². The number of amides is 1. The van der Waals surface area contributed by atoms with Crippen LogP contribution >= 0.6 is 15.9 Å². The molecule has 19 heavy (non-hydrogen) atoms. The van der Waals surface area contributed by atoms with E-state index >= 15 is 0 Å². The standard InChI is InChI=1S/C13H16BrN3O2/c1-2-10(9-15)16-4-6-17(7-5-16)13(18)11-3-8-19-12(11)14/h3,8,10H,2,4-7H2,1H3. The summed E-state index contributed by atoms with van der Waals surface area (Å²) in [6.07, 6.45) is 2.31. The summed E-state index contributed by atoms with van der Waals surface area (Å²) < 4.78 is 5.56. The average molecular weight is 326 g/mol. The van der Waals surface area contributed by atoms with Crippen LogP contribution in [0.25, 0.3) is 0 Å². The van der Waals surface area contributed by atoms with Gasteiger partial charge in [-0.15, -0.1) is 0 Å². The first-order chi connectivity index (χ1) is 9.17. The molecule has 0 aliphatic carbocycles.